The molecule has 0 amide bonds. The summed E-state index contributed by atoms with van der Waals surface area (Å²) in [6, 6.07) is 4.29. The van der Waals surface area contributed by atoms with Crippen molar-refractivity contribution in [3.05, 3.63) is 22.4 Å². The smallest absolute Gasteiger partial charge is 0.191 e. The SMILES string of the molecule is CCNC(=NCCC1CC1)NCCc1cccs1. The van der Waals surface area contributed by atoms with Crippen molar-refractivity contribution in [3.63, 3.8) is 0 Å². The zero-order valence-electron chi connectivity index (χ0n) is 11.1. The third kappa shape index (κ3) is 5.08. The first kappa shape index (κ1) is 13.4. The standard InChI is InChI=1S/C14H23N3S/c1-2-15-14(16-9-7-12-5-6-12)17-10-8-13-4-3-11-18-13/h3-4,11-12H,2,5-10H2,1H3,(H2,15,16,17). The molecule has 0 radical (unpaired) electrons. The van der Waals surface area contributed by atoms with Gasteiger partial charge in [0.15, 0.2) is 5.96 Å². The van der Waals surface area contributed by atoms with E-state index in [1.807, 2.05) is 11.3 Å². The molecular formula is C14H23N3S. The normalized spacial score (nSPS) is 15.7. The van der Waals surface area contributed by atoms with Gasteiger partial charge in [0.1, 0.15) is 0 Å². The average Bonchev–Trinajstić information content (AvgIpc) is 3.04. The first-order valence-corrected chi connectivity index (χ1v) is 7.81. The predicted molar refractivity (Wildman–Crippen MR) is 79.3 cm³/mol. The van der Waals surface area contributed by atoms with Crippen LogP contribution in [-0.4, -0.2) is 25.6 Å². The molecule has 1 aromatic rings. The topological polar surface area (TPSA) is 36.4 Å². The molecule has 1 aliphatic rings. The Balaban J connectivity index is 1.67. The van der Waals surface area contributed by atoms with Crippen LogP contribution in [0.25, 0.3) is 0 Å². The third-order valence-corrected chi connectivity index (χ3v) is 4.03. The lowest BCUT2D eigenvalue weighted by Gasteiger charge is -2.10. The van der Waals surface area contributed by atoms with Gasteiger partial charge < -0.3 is 10.6 Å². The van der Waals surface area contributed by atoms with Crippen LogP contribution in [0.5, 0.6) is 0 Å². The molecule has 0 saturated heterocycles. The van der Waals surface area contributed by atoms with Crippen LogP contribution in [0.3, 0.4) is 0 Å². The van der Waals surface area contributed by atoms with E-state index < -0.39 is 0 Å². The van der Waals surface area contributed by atoms with E-state index in [0.29, 0.717) is 0 Å². The van der Waals surface area contributed by atoms with Gasteiger partial charge in [0, 0.05) is 24.5 Å². The molecule has 4 heteroatoms. The van der Waals surface area contributed by atoms with E-state index in [9.17, 15) is 0 Å². The van der Waals surface area contributed by atoms with Gasteiger partial charge >= 0.3 is 0 Å². The first-order valence-electron chi connectivity index (χ1n) is 6.93. The molecule has 1 aliphatic carbocycles. The van der Waals surface area contributed by atoms with Gasteiger partial charge in [-0.1, -0.05) is 18.9 Å². The number of guanidine groups is 1. The van der Waals surface area contributed by atoms with Crippen LogP contribution in [0.1, 0.15) is 31.1 Å². The average molecular weight is 265 g/mol. The van der Waals surface area contributed by atoms with Crippen molar-refractivity contribution in [2.45, 2.75) is 32.6 Å². The predicted octanol–water partition coefficient (Wildman–Crippen LogP) is 2.65. The van der Waals surface area contributed by atoms with Crippen molar-refractivity contribution in [1.29, 1.82) is 0 Å². The summed E-state index contributed by atoms with van der Waals surface area (Å²) in [5, 5.41) is 8.83. The van der Waals surface area contributed by atoms with Gasteiger partial charge in [-0.2, -0.15) is 0 Å². The molecule has 1 fully saturated rings. The molecule has 0 bridgehead atoms. The summed E-state index contributed by atoms with van der Waals surface area (Å²) in [7, 11) is 0. The Hall–Kier alpha value is -1.03. The molecule has 0 aromatic carbocycles. The monoisotopic (exact) mass is 265 g/mol. The molecule has 0 unspecified atom stereocenters. The summed E-state index contributed by atoms with van der Waals surface area (Å²) in [6.07, 6.45) is 5.15. The van der Waals surface area contributed by atoms with Gasteiger partial charge in [-0.3, -0.25) is 4.99 Å². The maximum atomic E-state index is 4.61. The molecule has 2 rings (SSSR count). The highest BCUT2D eigenvalue weighted by Gasteiger charge is 2.20. The molecule has 0 spiro atoms. The Labute approximate surface area is 114 Å². The van der Waals surface area contributed by atoms with E-state index in [4.69, 9.17) is 0 Å². The van der Waals surface area contributed by atoms with Crippen LogP contribution in [-0.2, 0) is 6.42 Å². The molecule has 100 valence electrons. The van der Waals surface area contributed by atoms with E-state index in [2.05, 4.69) is 40.1 Å². The number of nitrogens with one attached hydrogen (secondary N) is 2. The second kappa shape index (κ2) is 7.41. The number of hydrogen-bond acceptors (Lipinski definition) is 2. The Morgan fingerprint density at radius 3 is 3.00 bits per heavy atom. The first-order chi connectivity index (χ1) is 8.88. The van der Waals surface area contributed by atoms with Crippen molar-refractivity contribution < 1.29 is 0 Å². The molecule has 0 aliphatic heterocycles. The van der Waals surface area contributed by atoms with E-state index in [1.165, 1.54) is 24.1 Å². The molecule has 1 aromatic heterocycles. The number of rotatable bonds is 7. The minimum Gasteiger partial charge on any atom is -0.357 e. The molecule has 3 nitrogen and oxygen atoms in total. The molecule has 1 saturated carbocycles. The Bertz CT molecular complexity index is 355. The van der Waals surface area contributed by atoms with Gasteiger partial charge in [0.2, 0.25) is 0 Å². The zero-order valence-corrected chi connectivity index (χ0v) is 11.9. The lowest BCUT2D eigenvalue weighted by Crippen LogP contribution is -2.38. The Morgan fingerprint density at radius 1 is 1.44 bits per heavy atom. The van der Waals surface area contributed by atoms with E-state index >= 15 is 0 Å². The molecular weight excluding hydrogens is 242 g/mol. The summed E-state index contributed by atoms with van der Waals surface area (Å²) in [5.41, 5.74) is 0. The molecule has 2 N–H and O–H groups in total. The quantitative estimate of drug-likeness (QED) is 0.587. The summed E-state index contributed by atoms with van der Waals surface area (Å²) in [6.45, 7) is 4.94. The van der Waals surface area contributed by atoms with Crippen LogP contribution in [0.4, 0.5) is 0 Å². The van der Waals surface area contributed by atoms with E-state index in [0.717, 1.165) is 37.9 Å². The van der Waals surface area contributed by atoms with Crippen LogP contribution in [0.2, 0.25) is 0 Å². The lowest BCUT2D eigenvalue weighted by molar-refractivity contribution is 0.724. The maximum Gasteiger partial charge on any atom is 0.191 e. The van der Waals surface area contributed by atoms with E-state index in [-0.39, 0.29) is 0 Å². The van der Waals surface area contributed by atoms with Crippen LogP contribution >= 0.6 is 11.3 Å². The van der Waals surface area contributed by atoms with Crippen LogP contribution in [0.15, 0.2) is 22.5 Å². The summed E-state index contributed by atoms with van der Waals surface area (Å²) >= 11 is 1.82. The minimum absolute atomic E-state index is 0.925. The molecule has 18 heavy (non-hydrogen) atoms. The van der Waals surface area contributed by atoms with Crippen molar-refractivity contribution in [2.24, 2.45) is 10.9 Å². The number of thiophene rings is 1. The highest BCUT2D eigenvalue weighted by atomic mass is 32.1. The van der Waals surface area contributed by atoms with Gasteiger partial charge in [-0.05, 0) is 37.1 Å². The van der Waals surface area contributed by atoms with Gasteiger partial charge in [0.25, 0.3) is 0 Å². The van der Waals surface area contributed by atoms with Crippen molar-refractivity contribution in [3.8, 4) is 0 Å². The van der Waals surface area contributed by atoms with Gasteiger partial charge in [-0.15, -0.1) is 11.3 Å². The van der Waals surface area contributed by atoms with Gasteiger partial charge in [0.05, 0.1) is 0 Å². The fourth-order valence-electron chi connectivity index (χ4n) is 1.87. The van der Waals surface area contributed by atoms with Crippen molar-refractivity contribution in [2.75, 3.05) is 19.6 Å². The fourth-order valence-corrected chi connectivity index (χ4v) is 2.58. The summed E-state index contributed by atoms with van der Waals surface area (Å²) < 4.78 is 0. The van der Waals surface area contributed by atoms with Crippen molar-refractivity contribution >= 4 is 17.3 Å². The highest BCUT2D eigenvalue weighted by molar-refractivity contribution is 7.09. The minimum atomic E-state index is 0.925. The Kier molecular flexibility index (Phi) is 5.52. The summed E-state index contributed by atoms with van der Waals surface area (Å²) in [5.74, 6) is 1.93. The molecule has 0 atom stereocenters. The zero-order chi connectivity index (χ0) is 12.6. The largest absolute Gasteiger partial charge is 0.357 e. The lowest BCUT2D eigenvalue weighted by atomic mass is 10.3. The second-order valence-electron chi connectivity index (χ2n) is 4.75. The Morgan fingerprint density at radius 2 is 2.33 bits per heavy atom. The maximum absolute atomic E-state index is 4.61. The number of aliphatic imine (C=N–C) groups is 1. The van der Waals surface area contributed by atoms with Crippen LogP contribution in [0, 0.1) is 5.92 Å². The van der Waals surface area contributed by atoms with E-state index in [1.54, 1.807) is 0 Å². The van der Waals surface area contributed by atoms with Crippen LogP contribution < -0.4 is 10.6 Å². The highest BCUT2D eigenvalue weighted by Crippen LogP contribution is 2.32. The number of nitrogens with zero attached hydrogens (tertiary/aromatic N) is 1. The third-order valence-electron chi connectivity index (χ3n) is 3.09. The van der Waals surface area contributed by atoms with Gasteiger partial charge in [-0.25, -0.2) is 0 Å². The summed E-state index contributed by atoms with van der Waals surface area (Å²) in [4.78, 5) is 6.04. The number of hydrogen-bond donors (Lipinski definition) is 2. The second-order valence-corrected chi connectivity index (χ2v) is 5.78. The fraction of sp³-hybridized carbons (Fsp3) is 0.643. The van der Waals surface area contributed by atoms with Crippen molar-refractivity contribution in [1.82, 2.24) is 10.6 Å². The molecule has 1 heterocycles.